The quantitative estimate of drug-likeness (QED) is 0.101. The Kier molecular flexibility index (Phi) is 12.6. The van der Waals surface area contributed by atoms with Crippen LogP contribution in [0, 0.1) is 25.6 Å². The predicted molar refractivity (Wildman–Crippen MR) is 179 cm³/mol. The summed E-state index contributed by atoms with van der Waals surface area (Å²) >= 11 is 0. The van der Waals surface area contributed by atoms with Gasteiger partial charge in [-0.05, 0) is 55.5 Å². The molecule has 5 N–H and O–H groups in total. The Bertz CT molecular complexity index is 1870. The lowest BCUT2D eigenvalue weighted by atomic mass is 10.00. The van der Waals surface area contributed by atoms with Crippen molar-refractivity contribution < 1.29 is 37.6 Å². The van der Waals surface area contributed by atoms with E-state index in [0.29, 0.717) is 17.0 Å². The first-order valence-electron chi connectivity index (χ1n) is 15.9. The van der Waals surface area contributed by atoms with Gasteiger partial charge in [-0.15, -0.1) is 0 Å². The molecule has 50 heavy (non-hydrogen) atoms. The minimum Gasteiger partial charge on any atom is -0.456 e. The van der Waals surface area contributed by atoms with Gasteiger partial charge in [-0.2, -0.15) is 0 Å². The van der Waals surface area contributed by atoms with Crippen LogP contribution in [0.3, 0.4) is 0 Å². The number of carbonyl (C=O) groups is 5. The van der Waals surface area contributed by atoms with Crippen LogP contribution in [0.5, 0.6) is 0 Å². The van der Waals surface area contributed by atoms with Crippen LogP contribution in [0.4, 0.5) is 4.39 Å². The molecule has 4 aromatic rings. The molecule has 4 amide bonds. The average molecular weight is 690 g/mol. The number of carbonyl (C=O) groups excluding carboxylic acids is 5. The minimum absolute atomic E-state index is 0.0161. The van der Waals surface area contributed by atoms with Crippen LogP contribution in [0.15, 0.2) is 71.5 Å². The summed E-state index contributed by atoms with van der Waals surface area (Å²) in [6.45, 7) is 6.87. The number of pyridine rings is 1. The molecule has 4 rings (SSSR count). The number of benzene rings is 1. The van der Waals surface area contributed by atoms with Crippen LogP contribution >= 0.6 is 0 Å². The SMILES string of the molecule is Cc1cc(C(=O)N[C@H](C(=O)N[C@@H](Cc2ccc(F)cc2)C(=O)N[C@@H](/C=C/C(=O)OCc2cn3cccc(C)c3n2)CCC(N)=O)C(C)C)no1. The molecule has 0 saturated heterocycles. The second-order valence-electron chi connectivity index (χ2n) is 12.2. The summed E-state index contributed by atoms with van der Waals surface area (Å²) in [5, 5.41) is 11.7. The highest BCUT2D eigenvalue weighted by molar-refractivity contribution is 5.97. The summed E-state index contributed by atoms with van der Waals surface area (Å²) in [5.41, 5.74) is 8.10. The van der Waals surface area contributed by atoms with E-state index in [4.69, 9.17) is 15.0 Å². The number of hydrogen-bond acceptors (Lipinski definition) is 9. The Labute approximate surface area is 287 Å². The second-order valence-corrected chi connectivity index (χ2v) is 12.2. The molecule has 3 aromatic heterocycles. The number of fused-ring (bicyclic) bond motifs is 1. The molecule has 0 aliphatic heterocycles. The maximum absolute atomic E-state index is 13.7. The van der Waals surface area contributed by atoms with Gasteiger partial charge in [0.2, 0.25) is 17.7 Å². The number of amides is 4. The van der Waals surface area contributed by atoms with Gasteiger partial charge in [-0.25, -0.2) is 14.2 Å². The zero-order valence-corrected chi connectivity index (χ0v) is 28.1. The normalized spacial score (nSPS) is 13.2. The van der Waals surface area contributed by atoms with E-state index in [-0.39, 0.29) is 31.6 Å². The molecular formula is C35H40FN7O7. The van der Waals surface area contributed by atoms with Crippen molar-refractivity contribution in [2.45, 2.75) is 71.7 Å². The van der Waals surface area contributed by atoms with Gasteiger partial charge >= 0.3 is 5.97 Å². The van der Waals surface area contributed by atoms with Crippen LogP contribution in [0.1, 0.15) is 59.8 Å². The molecule has 14 nitrogen and oxygen atoms in total. The molecule has 0 bridgehead atoms. The van der Waals surface area contributed by atoms with Gasteiger partial charge in [0, 0.05) is 43.4 Å². The van der Waals surface area contributed by atoms with E-state index in [0.717, 1.165) is 17.3 Å². The van der Waals surface area contributed by atoms with Crippen LogP contribution in [0.2, 0.25) is 0 Å². The highest BCUT2D eigenvalue weighted by atomic mass is 19.1. The lowest BCUT2D eigenvalue weighted by molar-refractivity contribution is -0.139. The van der Waals surface area contributed by atoms with E-state index in [2.05, 4.69) is 26.1 Å². The second kappa shape index (κ2) is 17.0. The third-order valence-electron chi connectivity index (χ3n) is 7.67. The van der Waals surface area contributed by atoms with Gasteiger partial charge in [0.05, 0.1) is 5.69 Å². The average Bonchev–Trinajstić information content (AvgIpc) is 3.71. The lowest BCUT2D eigenvalue weighted by Crippen LogP contribution is -2.56. The highest BCUT2D eigenvalue weighted by Crippen LogP contribution is 2.13. The van der Waals surface area contributed by atoms with E-state index in [1.54, 1.807) is 27.0 Å². The van der Waals surface area contributed by atoms with Crippen molar-refractivity contribution in [2.24, 2.45) is 11.7 Å². The lowest BCUT2D eigenvalue weighted by Gasteiger charge is -2.26. The van der Waals surface area contributed by atoms with Crippen molar-refractivity contribution >= 4 is 35.2 Å². The van der Waals surface area contributed by atoms with Crippen LogP contribution in [-0.2, 0) is 36.9 Å². The molecule has 0 unspecified atom stereocenters. The van der Waals surface area contributed by atoms with Crippen molar-refractivity contribution in [3.05, 3.63) is 101 Å². The molecule has 3 heterocycles. The number of esters is 1. The van der Waals surface area contributed by atoms with Gasteiger partial charge < -0.3 is 35.3 Å². The molecule has 0 fully saturated rings. The number of primary amides is 1. The first-order chi connectivity index (χ1) is 23.8. The third-order valence-corrected chi connectivity index (χ3v) is 7.67. The summed E-state index contributed by atoms with van der Waals surface area (Å²) in [4.78, 5) is 68.8. The van der Waals surface area contributed by atoms with Gasteiger partial charge in [-0.3, -0.25) is 19.2 Å². The molecule has 0 aliphatic rings. The fourth-order valence-electron chi connectivity index (χ4n) is 5.01. The zero-order chi connectivity index (χ0) is 36.4. The fraction of sp³-hybridized carbons (Fsp3) is 0.343. The fourth-order valence-corrected chi connectivity index (χ4v) is 5.01. The van der Waals surface area contributed by atoms with Gasteiger partial charge in [0.1, 0.15) is 35.9 Å². The Morgan fingerprint density at radius 1 is 1.04 bits per heavy atom. The van der Waals surface area contributed by atoms with Crippen LogP contribution in [0.25, 0.3) is 5.65 Å². The summed E-state index contributed by atoms with van der Waals surface area (Å²) < 4.78 is 25.8. The van der Waals surface area contributed by atoms with Crippen molar-refractivity contribution in [2.75, 3.05) is 0 Å². The van der Waals surface area contributed by atoms with Gasteiger partial charge in [0.25, 0.3) is 5.91 Å². The Balaban J connectivity index is 1.48. The molecule has 15 heteroatoms. The monoisotopic (exact) mass is 689 g/mol. The number of imidazole rings is 1. The van der Waals surface area contributed by atoms with E-state index in [9.17, 15) is 28.4 Å². The van der Waals surface area contributed by atoms with Crippen molar-refractivity contribution in [1.29, 1.82) is 0 Å². The van der Waals surface area contributed by atoms with Crippen LogP contribution < -0.4 is 21.7 Å². The van der Waals surface area contributed by atoms with E-state index >= 15 is 0 Å². The molecule has 264 valence electrons. The first-order valence-corrected chi connectivity index (χ1v) is 15.9. The number of hydrogen-bond donors (Lipinski definition) is 4. The Morgan fingerprint density at radius 2 is 1.78 bits per heavy atom. The smallest absolute Gasteiger partial charge is 0.330 e. The Morgan fingerprint density at radius 3 is 2.42 bits per heavy atom. The third kappa shape index (κ3) is 10.6. The highest BCUT2D eigenvalue weighted by Gasteiger charge is 2.30. The molecule has 1 aromatic carbocycles. The first kappa shape index (κ1) is 37.0. The molecule has 0 aliphatic carbocycles. The number of nitrogens with two attached hydrogens (primary N) is 1. The molecule has 0 radical (unpaired) electrons. The molecule has 0 spiro atoms. The predicted octanol–water partition coefficient (Wildman–Crippen LogP) is 2.61. The molecule has 3 atom stereocenters. The number of ether oxygens (including phenoxy) is 1. The number of halogens is 1. The van der Waals surface area contributed by atoms with E-state index in [1.807, 2.05) is 29.7 Å². The van der Waals surface area contributed by atoms with E-state index in [1.165, 1.54) is 36.4 Å². The topological polar surface area (TPSA) is 200 Å². The van der Waals surface area contributed by atoms with Gasteiger partial charge in [-0.1, -0.05) is 43.3 Å². The minimum atomic E-state index is -1.21. The van der Waals surface area contributed by atoms with Crippen molar-refractivity contribution in [3.63, 3.8) is 0 Å². The van der Waals surface area contributed by atoms with Crippen molar-refractivity contribution in [1.82, 2.24) is 30.5 Å². The Hall–Kier alpha value is -5.86. The summed E-state index contributed by atoms with van der Waals surface area (Å²) in [5.74, 6) is -3.79. The number of aromatic nitrogens is 3. The zero-order valence-electron chi connectivity index (χ0n) is 28.1. The van der Waals surface area contributed by atoms with Crippen LogP contribution in [-0.4, -0.2) is 62.3 Å². The maximum atomic E-state index is 13.7. The number of nitrogens with zero attached hydrogens (tertiary/aromatic N) is 3. The molecular weight excluding hydrogens is 649 g/mol. The largest absolute Gasteiger partial charge is 0.456 e. The maximum Gasteiger partial charge on any atom is 0.330 e. The van der Waals surface area contributed by atoms with Crippen molar-refractivity contribution in [3.8, 4) is 0 Å². The summed E-state index contributed by atoms with van der Waals surface area (Å²) in [7, 11) is 0. The number of rotatable bonds is 16. The standard InChI is InChI=1S/C35H40FN7O7/c1-20(2)31(41-34(47)28-16-22(4)50-42-28)35(48)40-27(17-23-7-9-24(36)10-8-23)33(46)39-25(11-13-29(37)44)12-14-30(45)49-19-26-18-43-15-5-6-21(3)32(43)38-26/h5-10,12,14-16,18,20,25,27,31H,11,13,17,19H2,1-4H3,(H2,37,44)(H,39,46)(H,40,48)(H,41,47)/b14-12+/t25-,27+,31+/m1/s1. The van der Waals surface area contributed by atoms with E-state index < -0.39 is 59.5 Å². The summed E-state index contributed by atoms with van der Waals surface area (Å²) in [6, 6.07) is 7.45. The summed E-state index contributed by atoms with van der Waals surface area (Å²) in [6.07, 6.45) is 5.93. The van der Waals surface area contributed by atoms with Gasteiger partial charge in [0.15, 0.2) is 5.69 Å². The number of aryl methyl sites for hydroxylation is 2. The number of nitrogens with one attached hydrogen (secondary N) is 3. The molecule has 0 saturated carbocycles.